The summed E-state index contributed by atoms with van der Waals surface area (Å²) >= 11 is 5.58. The molecule has 1 rings (SSSR count). The van der Waals surface area contributed by atoms with E-state index in [1.54, 1.807) is 6.92 Å². The Labute approximate surface area is 80.3 Å². The molecule has 0 saturated heterocycles. The van der Waals surface area contributed by atoms with Crippen LogP contribution in [0.4, 0.5) is 0 Å². The van der Waals surface area contributed by atoms with Crippen molar-refractivity contribution in [1.82, 2.24) is 4.98 Å². The van der Waals surface area contributed by atoms with E-state index < -0.39 is 12.1 Å². The summed E-state index contributed by atoms with van der Waals surface area (Å²) in [6.07, 6.45) is 0.771. The zero-order chi connectivity index (χ0) is 10.0. The smallest absolute Gasteiger partial charge is 0.266 e. The Morgan fingerprint density at radius 3 is 2.77 bits per heavy atom. The third-order valence-corrected chi connectivity index (χ3v) is 2.07. The molecular weight excluding hydrogens is 192 g/mol. The fourth-order valence-electron chi connectivity index (χ4n) is 0.942. The van der Waals surface area contributed by atoms with Crippen LogP contribution >= 0.6 is 11.6 Å². The number of aliphatic hydroxyl groups is 1. The SMILES string of the molecule is C[C@@H](O)[C@@H](N)c1c[nH]c(=O)c(Cl)c1. The maximum atomic E-state index is 10.9. The molecule has 0 radical (unpaired) electrons. The topological polar surface area (TPSA) is 79.1 Å². The van der Waals surface area contributed by atoms with E-state index in [0.717, 1.165) is 0 Å². The number of halogens is 1. The zero-order valence-electron chi connectivity index (χ0n) is 7.12. The number of H-pyrrole nitrogens is 1. The summed E-state index contributed by atoms with van der Waals surface area (Å²) < 4.78 is 0. The van der Waals surface area contributed by atoms with E-state index in [-0.39, 0.29) is 10.6 Å². The van der Waals surface area contributed by atoms with Gasteiger partial charge in [0.05, 0.1) is 12.1 Å². The quantitative estimate of drug-likeness (QED) is 0.650. The minimum absolute atomic E-state index is 0.0774. The molecule has 0 amide bonds. The molecule has 0 aromatic carbocycles. The lowest BCUT2D eigenvalue weighted by Crippen LogP contribution is -2.24. The molecule has 1 aromatic rings. The lowest BCUT2D eigenvalue weighted by Gasteiger charge is -2.14. The van der Waals surface area contributed by atoms with E-state index in [1.807, 2.05) is 0 Å². The van der Waals surface area contributed by atoms with Crippen LogP contribution in [-0.4, -0.2) is 16.2 Å². The second-order valence-corrected chi connectivity index (χ2v) is 3.28. The summed E-state index contributed by atoms with van der Waals surface area (Å²) in [6.45, 7) is 1.57. The summed E-state index contributed by atoms with van der Waals surface area (Å²) in [6, 6.07) is 0.923. The first kappa shape index (κ1) is 10.2. The van der Waals surface area contributed by atoms with Gasteiger partial charge >= 0.3 is 0 Å². The van der Waals surface area contributed by atoms with Gasteiger partial charge in [-0.15, -0.1) is 0 Å². The first-order valence-corrected chi connectivity index (χ1v) is 4.22. The van der Waals surface area contributed by atoms with E-state index in [9.17, 15) is 9.90 Å². The largest absolute Gasteiger partial charge is 0.391 e. The first-order chi connectivity index (χ1) is 6.02. The van der Waals surface area contributed by atoms with Gasteiger partial charge in [-0.25, -0.2) is 0 Å². The van der Waals surface area contributed by atoms with Gasteiger partial charge in [0.15, 0.2) is 0 Å². The average Bonchev–Trinajstić information content (AvgIpc) is 2.08. The number of aromatic amines is 1. The lowest BCUT2D eigenvalue weighted by atomic mass is 10.1. The van der Waals surface area contributed by atoms with Gasteiger partial charge in [-0.2, -0.15) is 0 Å². The molecule has 1 heterocycles. The number of hydrogen-bond donors (Lipinski definition) is 3. The van der Waals surface area contributed by atoms with Crippen LogP contribution in [0.1, 0.15) is 18.5 Å². The normalized spacial score (nSPS) is 15.4. The zero-order valence-corrected chi connectivity index (χ0v) is 7.88. The van der Waals surface area contributed by atoms with Gasteiger partial charge in [0.1, 0.15) is 5.02 Å². The third-order valence-electron chi connectivity index (χ3n) is 1.78. The van der Waals surface area contributed by atoms with Gasteiger partial charge in [-0.1, -0.05) is 11.6 Å². The highest BCUT2D eigenvalue weighted by atomic mass is 35.5. The molecule has 0 aliphatic heterocycles. The lowest BCUT2D eigenvalue weighted by molar-refractivity contribution is 0.164. The average molecular weight is 203 g/mol. The molecule has 4 nitrogen and oxygen atoms in total. The Kier molecular flexibility index (Phi) is 3.08. The molecule has 0 saturated carbocycles. The van der Waals surface area contributed by atoms with E-state index in [2.05, 4.69) is 4.98 Å². The van der Waals surface area contributed by atoms with Crippen LogP contribution in [0.2, 0.25) is 5.02 Å². The van der Waals surface area contributed by atoms with Crippen LogP contribution in [0, 0.1) is 0 Å². The second kappa shape index (κ2) is 3.91. The van der Waals surface area contributed by atoms with Crippen molar-refractivity contribution in [3.63, 3.8) is 0 Å². The summed E-state index contributed by atoms with van der Waals surface area (Å²) in [7, 11) is 0. The standard InChI is InChI=1S/C8H11ClN2O2/c1-4(12)7(10)5-2-6(9)8(13)11-3-5/h2-4,7,12H,10H2,1H3,(H,11,13)/t4-,7-/m1/s1. The van der Waals surface area contributed by atoms with Crippen molar-refractivity contribution >= 4 is 11.6 Å². The predicted octanol–water partition coefficient (Wildman–Crippen LogP) is 0.409. The van der Waals surface area contributed by atoms with E-state index in [4.69, 9.17) is 17.3 Å². The number of hydrogen-bond acceptors (Lipinski definition) is 3. The van der Waals surface area contributed by atoms with Crippen LogP contribution in [0.3, 0.4) is 0 Å². The molecule has 0 bridgehead atoms. The molecule has 2 atom stereocenters. The van der Waals surface area contributed by atoms with Crippen LogP contribution in [0.15, 0.2) is 17.1 Å². The molecule has 1 aromatic heterocycles. The third kappa shape index (κ3) is 2.30. The Balaban J connectivity index is 3.04. The van der Waals surface area contributed by atoms with Gasteiger partial charge in [-0.05, 0) is 18.6 Å². The van der Waals surface area contributed by atoms with Gasteiger partial charge in [0.25, 0.3) is 5.56 Å². The van der Waals surface area contributed by atoms with Gasteiger partial charge < -0.3 is 15.8 Å². The molecule has 0 aliphatic carbocycles. The minimum Gasteiger partial charge on any atom is -0.391 e. The highest BCUT2D eigenvalue weighted by molar-refractivity contribution is 6.30. The fourth-order valence-corrected chi connectivity index (χ4v) is 1.12. The number of aromatic nitrogens is 1. The fraction of sp³-hybridized carbons (Fsp3) is 0.375. The minimum atomic E-state index is -0.679. The molecule has 0 aliphatic rings. The number of aliphatic hydroxyl groups excluding tert-OH is 1. The Morgan fingerprint density at radius 2 is 2.31 bits per heavy atom. The molecule has 5 heteroatoms. The molecular formula is C8H11ClN2O2. The highest BCUT2D eigenvalue weighted by Gasteiger charge is 2.12. The van der Waals surface area contributed by atoms with Crippen molar-refractivity contribution < 1.29 is 5.11 Å². The number of nitrogens with one attached hydrogen (secondary N) is 1. The van der Waals surface area contributed by atoms with Crippen molar-refractivity contribution in [2.24, 2.45) is 5.73 Å². The Hall–Kier alpha value is -0.840. The maximum Gasteiger partial charge on any atom is 0.266 e. The van der Waals surface area contributed by atoms with Crippen molar-refractivity contribution in [2.75, 3.05) is 0 Å². The van der Waals surface area contributed by atoms with Crippen LogP contribution < -0.4 is 11.3 Å². The Morgan fingerprint density at radius 1 is 1.69 bits per heavy atom. The molecule has 0 unspecified atom stereocenters. The molecule has 72 valence electrons. The highest BCUT2D eigenvalue weighted by Crippen LogP contribution is 2.14. The van der Waals surface area contributed by atoms with Gasteiger partial charge in [0, 0.05) is 6.20 Å². The van der Waals surface area contributed by atoms with Crippen LogP contribution in [0.25, 0.3) is 0 Å². The summed E-state index contributed by atoms with van der Waals surface area (Å²) in [5.41, 5.74) is 5.88. The van der Waals surface area contributed by atoms with Gasteiger partial charge in [0.2, 0.25) is 0 Å². The number of rotatable bonds is 2. The number of nitrogens with two attached hydrogens (primary N) is 1. The predicted molar refractivity (Wildman–Crippen MR) is 50.7 cm³/mol. The molecule has 4 N–H and O–H groups in total. The molecule has 0 fully saturated rings. The second-order valence-electron chi connectivity index (χ2n) is 2.88. The van der Waals surface area contributed by atoms with Gasteiger partial charge in [-0.3, -0.25) is 4.79 Å². The summed E-state index contributed by atoms with van der Waals surface area (Å²) in [4.78, 5) is 13.3. The molecule has 13 heavy (non-hydrogen) atoms. The van der Waals surface area contributed by atoms with Crippen molar-refractivity contribution in [3.05, 3.63) is 33.2 Å². The maximum absolute atomic E-state index is 10.9. The van der Waals surface area contributed by atoms with E-state index in [0.29, 0.717) is 5.56 Å². The Bertz CT molecular complexity index is 348. The van der Waals surface area contributed by atoms with Crippen LogP contribution in [-0.2, 0) is 0 Å². The van der Waals surface area contributed by atoms with E-state index in [1.165, 1.54) is 12.3 Å². The number of pyridine rings is 1. The van der Waals surface area contributed by atoms with Crippen molar-refractivity contribution in [3.8, 4) is 0 Å². The summed E-state index contributed by atoms with van der Waals surface area (Å²) in [5, 5.41) is 9.25. The molecule has 0 spiro atoms. The summed E-state index contributed by atoms with van der Waals surface area (Å²) in [5.74, 6) is 0. The van der Waals surface area contributed by atoms with Crippen molar-refractivity contribution in [2.45, 2.75) is 19.1 Å². The van der Waals surface area contributed by atoms with Crippen molar-refractivity contribution in [1.29, 1.82) is 0 Å². The van der Waals surface area contributed by atoms with E-state index >= 15 is 0 Å². The van der Waals surface area contributed by atoms with Crippen LogP contribution in [0.5, 0.6) is 0 Å². The first-order valence-electron chi connectivity index (χ1n) is 3.84. The monoisotopic (exact) mass is 202 g/mol.